The first kappa shape index (κ1) is 19.3. The predicted octanol–water partition coefficient (Wildman–Crippen LogP) is 3.08. The number of hydrogen-bond donors (Lipinski definition) is 1. The van der Waals surface area contributed by atoms with Gasteiger partial charge in [-0.25, -0.2) is 4.79 Å². The quantitative estimate of drug-likeness (QED) is 0.793. The van der Waals surface area contributed by atoms with E-state index in [4.69, 9.17) is 15.3 Å². The molecule has 1 aromatic rings. The molecule has 7 heteroatoms. The van der Waals surface area contributed by atoms with Crippen LogP contribution in [0.3, 0.4) is 0 Å². The maximum absolute atomic E-state index is 12.2. The molecule has 2 aliphatic heterocycles. The molecule has 0 bridgehead atoms. The number of nitriles is 2. The Morgan fingerprint density at radius 2 is 1.82 bits per heavy atom. The van der Waals surface area contributed by atoms with Gasteiger partial charge in [0, 0.05) is 30.2 Å². The standard InChI is InChI=1S/C21H23N5O2/c1-15(2)24-13-20-14-26(21(27)28-20)19-5-3-18(4-6-19)25-9-7-16(8-10-25)17(11-22)12-23/h3-6,20,24H,1,7-10,13-14H2,2H3/t20-/m0/s1. The van der Waals surface area contributed by atoms with Crippen molar-refractivity contribution in [2.24, 2.45) is 0 Å². The van der Waals surface area contributed by atoms with Crippen molar-refractivity contribution in [1.29, 1.82) is 10.5 Å². The molecule has 28 heavy (non-hydrogen) atoms. The number of cyclic esters (lactones) is 1. The molecule has 0 aliphatic carbocycles. The Morgan fingerprint density at radius 3 is 2.39 bits per heavy atom. The fourth-order valence-corrected chi connectivity index (χ4v) is 3.44. The van der Waals surface area contributed by atoms with E-state index in [9.17, 15) is 4.79 Å². The van der Waals surface area contributed by atoms with Crippen LogP contribution in [0.25, 0.3) is 0 Å². The maximum Gasteiger partial charge on any atom is 0.414 e. The normalized spacial score (nSPS) is 18.9. The SMILES string of the molecule is C=C(C)NC[C@H]1CN(c2ccc(N3CCC(=C(C#N)C#N)CC3)cc2)C(=O)O1. The Labute approximate surface area is 165 Å². The molecule has 3 rings (SSSR count). The highest BCUT2D eigenvalue weighted by molar-refractivity contribution is 5.90. The molecular formula is C21H23N5O2. The Hall–Kier alpha value is -3.45. The lowest BCUT2D eigenvalue weighted by molar-refractivity contribution is 0.141. The average molecular weight is 377 g/mol. The predicted molar refractivity (Wildman–Crippen MR) is 107 cm³/mol. The summed E-state index contributed by atoms with van der Waals surface area (Å²) in [5.74, 6) is 0. The van der Waals surface area contributed by atoms with E-state index in [1.54, 1.807) is 4.90 Å². The summed E-state index contributed by atoms with van der Waals surface area (Å²) in [6.07, 6.45) is 0.891. The minimum absolute atomic E-state index is 0.203. The highest BCUT2D eigenvalue weighted by atomic mass is 16.6. The zero-order valence-corrected chi connectivity index (χ0v) is 15.9. The molecule has 2 aliphatic rings. The zero-order chi connectivity index (χ0) is 20.1. The lowest BCUT2D eigenvalue weighted by atomic mass is 9.98. The van der Waals surface area contributed by atoms with Gasteiger partial charge in [0.05, 0.1) is 13.1 Å². The summed E-state index contributed by atoms with van der Waals surface area (Å²) in [6.45, 7) is 8.24. The first-order valence-electron chi connectivity index (χ1n) is 9.26. The minimum atomic E-state index is -0.338. The number of carbonyl (C=O) groups excluding carboxylic acids is 1. The van der Waals surface area contributed by atoms with E-state index in [0.717, 1.165) is 35.7 Å². The third-order valence-electron chi connectivity index (χ3n) is 4.98. The molecule has 2 fully saturated rings. The van der Waals surface area contributed by atoms with E-state index in [2.05, 4.69) is 16.8 Å². The van der Waals surface area contributed by atoms with Crippen molar-refractivity contribution in [2.45, 2.75) is 25.9 Å². The van der Waals surface area contributed by atoms with Crippen molar-refractivity contribution >= 4 is 17.5 Å². The molecule has 1 aromatic carbocycles. The molecule has 144 valence electrons. The fourth-order valence-electron chi connectivity index (χ4n) is 3.44. The van der Waals surface area contributed by atoms with Gasteiger partial charge in [-0.2, -0.15) is 10.5 Å². The molecule has 1 N–H and O–H groups in total. The number of nitrogens with zero attached hydrogens (tertiary/aromatic N) is 4. The van der Waals surface area contributed by atoms with Crippen LogP contribution in [-0.2, 0) is 4.74 Å². The van der Waals surface area contributed by atoms with Crippen LogP contribution in [0.2, 0.25) is 0 Å². The van der Waals surface area contributed by atoms with Crippen molar-refractivity contribution in [2.75, 3.05) is 36.0 Å². The first-order valence-corrected chi connectivity index (χ1v) is 9.26. The van der Waals surface area contributed by atoms with Gasteiger partial charge in [-0.05, 0) is 49.6 Å². The number of nitrogens with one attached hydrogen (secondary N) is 1. The molecule has 2 heterocycles. The summed E-state index contributed by atoms with van der Waals surface area (Å²) in [4.78, 5) is 16.0. The van der Waals surface area contributed by atoms with Crippen LogP contribution in [0.5, 0.6) is 0 Å². The Morgan fingerprint density at radius 1 is 1.21 bits per heavy atom. The number of allylic oxidation sites excluding steroid dienone is 2. The summed E-state index contributed by atoms with van der Waals surface area (Å²) in [6, 6.07) is 11.8. The first-order chi connectivity index (χ1) is 13.5. The lowest BCUT2D eigenvalue weighted by Gasteiger charge is -2.30. The summed E-state index contributed by atoms with van der Waals surface area (Å²) in [5, 5.41) is 21.1. The van der Waals surface area contributed by atoms with Crippen LogP contribution in [0, 0.1) is 22.7 Å². The molecule has 0 unspecified atom stereocenters. The molecule has 7 nitrogen and oxygen atoms in total. The van der Waals surface area contributed by atoms with Gasteiger partial charge in [-0.3, -0.25) is 4.90 Å². The zero-order valence-electron chi connectivity index (χ0n) is 15.9. The Kier molecular flexibility index (Phi) is 5.86. The summed E-state index contributed by atoms with van der Waals surface area (Å²) in [5.41, 5.74) is 3.90. The Balaban J connectivity index is 1.61. The number of benzene rings is 1. The third kappa shape index (κ3) is 4.27. The number of carbonyl (C=O) groups is 1. The van der Waals surface area contributed by atoms with Gasteiger partial charge < -0.3 is 15.0 Å². The largest absolute Gasteiger partial charge is 0.442 e. The van der Waals surface area contributed by atoms with Crippen molar-refractivity contribution in [3.05, 3.63) is 47.7 Å². The molecule has 1 amide bonds. The molecule has 0 radical (unpaired) electrons. The second kappa shape index (κ2) is 8.49. The minimum Gasteiger partial charge on any atom is -0.442 e. The number of piperidine rings is 1. The van der Waals surface area contributed by atoms with Crippen LogP contribution in [0.4, 0.5) is 16.2 Å². The fraction of sp³-hybridized carbons (Fsp3) is 0.381. The monoisotopic (exact) mass is 377 g/mol. The summed E-state index contributed by atoms with van der Waals surface area (Å²) in [7, 11) is 0. The van der Waals surface area contributed by atoms with Crippen molar-refractivity contribution in [3.8, 4) is 12.1 Å². The van der Waals surface area contributed by atoms with E-state index in [-0.39, 0.29) is 17.8 Å². The number of ether oxygens (including phenoxy) is 1. The van der Waals surface area contributed by atoms with Gasteiger partial charge >= 0.3 is 6.09 Å². The van der Waals surface area contributed by atoms with E-state index >= 15 is 0 Å². The van der Waals surface area contributed by atoms with Gasteiger partial charge in [0.2, 0.25) is 0 Å². The van der Waals surface area contributed by atoms with Crippen LogP contribution >= 0.6 is 0 Å². The Bertz CT molecular complexity index is 850. The van der Waals surface area contributed by atoms with Gasteiger partial charge in [-0.1, -0.05) is 6.58 Å². The van der Waals surface area contributed by atoms with Crippen molar-refractivity contribution in [3.63, 3.8) is 0 Å². The molecule has 0 aromatic heterocycles. The van der Waals surface area contributed by atoms with E-state index in [1.807, 2.05) is 43.3 Å². The third-order valence-corrected chi connectivity index (χ3v) is 4.98. The van der Waals surface area contributed by atoms with Crippen LogP contribution in [-0.4, -0.2) is 38.4 Å². The molecule has 1 atom stereocenters. The van der Waals surface area contributed by atoms with Crippen molar-refractivity contribution < 1.29 is 9.53 Å². The van der Waals surface area contributed by atoms with E-state index < -0.39 is 0 Å². The van der Waals surface area contributed by atoms with Gasteiger partial charge in [0.15, 0.2) is 0 Å². The second-order valence-electron chi connectivity index (χ2n) is 6.98. The number of hydrogen-bond acceptors (Lipinski definition) is 6. The number of amides is 1. The number of rotatable bonds is 5. The topological polar surface area (TPSA) is 92.4 Å². The summed E-state index contributed by atoms with van der Waals surface area (Å²) < 4.78 is 5.40. The smallest absolute Gasteiger partial charge is 0.414 e. The van der Waals surface area contributed by atoms with Crippen LogP contribution in [0.1, 0.15) is 19.8 Å². The van der Waals surface area contributed by atoms with Crippen LogP contribution in [0.15, 0.2) is 47.7 Å². The average Bonchev–Trinajstić information content (AvgIpc) is 3.09. The lowest BCUT2D eigenvalue weighted by Crippen LogP contribution is -2.31. The van der Waals surface area contributed by atoms with Crippen LogP contribution < -0.4 is 15.1 Å². The van der Waals surface area contributed by atoms with Gasteiger partial charge in [0.1, 0.15) is 23.8 Å². The van der Waals surface area contributed by atoms with Gasteiger partial charge in [-0.15, -0.1) is 0 Å². The number of anilines is 2. The highest BCUT2D eigenvalue weighted by Gasteiger charge is 2.32. The molecule has 2 saturated heterocycles. The molecule has 0 saturated carbocycles. The maximum atomic E-state index is 12.2. The molecular weight excluding hydrogens is 354 g/mol. The van der Waals surface area contributed by atoms with Crippen molar-refractivity contribution in [1.82, 2.24) is 5.32 Å². The van der Waals surface area contributed by atoms with E-state index in [1.165, 1.54) is 0 Å². The molecule has 0 spiro atoms. The highest BCUT2D eigenvalue weighted by Crippen LogP contribution is 2.28. The van der Waals surface area contributed by atoms with E-state index in [0.29, 0.717) is 25.9 Å². The van der Waals surface area contributed by atoms with Gasteiger partial charge in [0.25, 0.3) is 0 Å². The summed E-state index contributed by atoms with van der Waals surface area (Å²) >= 11 is 0. The second-order valence-corrected chi connectivity index (χ2v) is 6.98.